The van der Waals surface area contributed by atoms with Crippen LogP contribution in [-0.4, -0.2) is 30.6 Å². The molecule has 2 N–H and O–H groups in total. The molecule has 0 fully saturated rings. The molecule has 0 amide bonds. The fraction of sp³-hybridized carbons (Fsp3) is 0.400. The van der Waals surface area contributed by atoms with Gasteiger partial charge in [-0.2, -0.15) is 8.42 Å². The minimum atomic E-state index is -4.67. The van der Waals surface area contributed by atoms with Gasteiger partial charge < -0.3 is 4.90 Å². The minimum absolute atomic E-state index is 1.08. The van der Waals surface area contributed by atoms with Crippen LogP contribution in [0.3, 0.4) is 0 Å². The maximum absolute atomic E-state index is 8.74. The Balaban J connectivity index is 0.000000385. The van der Waals surface area contributed by atoms with Gasteiger partial charge in [0, 0.05) is 18.8 Å². The van der Waals surface area contributed by atoms with E-state index in [4.69, 9.17) is 17.5 Å². The summed E-state index contributed by atoms with van der Waals surface area (Å²) in [6, 6.07) is 10.5. The van der Waals surface area contributed by atoms with Crippen LogP contribution in [-0.2, 0) is 10.4 Å². The highest BCUT2D eigenvalue weighted by Crippen LogP contribution is 2.11. The fourth-order valence-corrected chi connectivity index (χ4v) is 1.23. The molecule has 16 heavy (non-hydrogen) atoms. The predicted molar refractivity (Wildman–Crippen MR) is 64.2 cm³/mol. The molecule has 0 atom stereocenters. The summed E-state index contributed by atoms with van der Waals surface area (Å²) in [7, 11) is -4.67. The number of rotatable bonds is 3. The van der Waals surface area contributed by atoms with Crippen molar-refractivity contribution >= 4 is 16.1 Å². The van der Waals surface area contributed by atoms with Crippen molar-refractivity contribution in [3.05, 3.63) is 30.3 Å². The van der Waals surface area contributed by atoms with Gasteiger partial charge in [0.2, 0.25) is 0 Å². The molecule has 0 aliphatic heterocycles. The zero-order valence-corrected chi connectivity index (χ0v) is 10.2. The van der Waals surface area contributed by atoms with Crippen molar-refractivity contribution in [3.8, 4) is 0 Å². The third-order valence-electron chi connectivity index (χ3n) is 1.88. The molecule has 1 aromatic carbocycles. The highest BCUT2D eigenvalue weighted by Gasteiger charge is 1.97. The lowest BCUT2D eigenvalue weighted by atomic mass is 10.3. The van der Waals surface area contributed by atoms with E-state index in [2.05, 4.69) is 43.0 Å². The van der Waals surface area contributed by atoms with Gasteiger partial charge in [-0.15, -0.1) is 0 Å². The van der Waals surface area contributed by atoms with E-state index in [-0.39, 0.29) is 0 Å². The Morgan fingerprint density at radius 1 is 1.06 bits per heavy atom. The summed E-state index contributed by atoms with van der Waals surface area (Å²) in [6.45, 7) is 6.52. The quantitative estimate of drug-likeness (QED) is 0.797. The van der Waals surface area contributed by atoms with Gasteiger partial charge in [0.1, 0.15) is 0 Å². The first-order valence-electron chi connectivity index (χ1n) is 4.88. The molecular weight excluding hydrogens is 230 g/mol. The van der Waals surface area contributed by atoms with Gasteiger partial charge in [-0.25, -0.2) is 0 Å². The lowest BCUT2D eigenvalue weighted by molar-refractivity contribution is 0.381. The Morgan fingerprint density at radius 2 is 1.44 bits per heavy atom. The first-order valence-corrected chi connectivity index (χ1v) is 6.28. The normalized spacial score (nSPS) is 10.2. The molecule has 1 rings (SSSR count). The van der Waals surface area contributed by atoms with Crippen LogP contribution in [0.2, 0.25) is 0 Å². The van der Waals surface area contributed by atoms with Crippen LogP contribution in [0.1, 0.15) is 13.8 Å². The summed E-state index contributed by atoms with van der Waals surface area (Å²) < 4.78 is 31.6. The zero-order chi connectivity index (χ0) is 12.6. The van der Waals surface area contributed by atoms with E-state index in [1.807, 2.05) is 6.07 Å². The molecule has 92 valence electrons. The molecule has 0 spiro atoms. The molecule has 1 aromatic rings. The van der Waals surface area contributed by atoms with E-state index in [9.17, 15) is 0 Å². The third kappa shape index (κ3) is 8.22. The van der Waals surface area contributed by atoms with E-state index in [0.29, 0.717) is 0 Å². The van der Waals surface area contributed by atoms with Crippen molar-refractivity contribution in [2.24, 2.45) is 0 Å². The highest BCUT2D eigenvalue weighted by atomic mass is 32.3. The summed E-state index contributed by atoms with van der Waals surface area (Å²) in [4.78, 5) is 2.33. The molecule has 0 saturated heterocycles. The van der Waals surface area contributed by atoms with Crippen LogP contribution in [0, 0.1) is 0 Å². The van der Waals surface area contributed by atoms with Crippen molar-refractivity contribution in [1.82, 2.24) is 0 Å². The number of para-hydroxylation sites is 1. The van der Waals surface area contributed by atoms with E-state index in [1.165, 1.54) is 5.69 Å². The zero-order valence-electron chi connectivity index (χ0n) is 9.37. The van der Waals surface area contributed by atoms with Gasteiger partial charge in [0.25, 0.3) is 0 Å². The molecule has 0 saturated carbocycles. The van der Waals surface area contributed by atoms with Gasteiger partial charge in [-0.1, -0.05) is 18.2 Å². The monoisotopic (exact) mass is 247 g/mol. The second-order valence-electron chi connectivity index (χ2n) is 2.96. The summed E-state index contributed by atoms with van der Waals surface area (Å²) in [5, 5.41) is 0. The van der Waals surface area contributed by atoms with Crippen LogP contribution in [0.5, 0.6) is 0 Å². The van der Waals surface area contributed by atoms with Crippen molar-refractivity contribution < 1.29 is 17.5 Å². The molecule has 6 heteroatoms. The Labute approximate surface area is 96.3 Å². The van der Waals surface area contributed by atoms with Crippen LogP contribution in [0.4, 0.5) is 5.69 Å². The Hall–Kier alpha value is -1.11. The lowest BCUT2D eigenvalue weighted by Gasteiger charge is -2.20. The Kier molecular flexibility index (Phi) is 6.71. The average Bonchev–Trinajstić information content (AvgIpc) is 2.19. The number of hydrogen-bond donors (Lipinski definition) is 2. The van der Waals surface area contributed by atoms with Crippen LogP contribution in [0.25, 0.3) is 0 Å². The van der Waals surface area contributed by atoms with E-state index in [0.717, 1.165) is 13.1 Å². The van der Waals surface area contributed by atoms with Crippen molar-refractivity contribution in [3.63, 3.8) is 0 Å². The van der Waals surface area contributed by atoms with Crippen molar-refractivity contribution in [2.45, 2.75) is 13.8 Å². The standard InChI is InChI=1S/C10H15N.H2O4S/c1-3-11(4-2)10-8-6-5-7-9-10;1-5(2,3)4/h5-9H,3-4H2,1-2H3;(H2,1,2,3,4). The molecule has 0 heterocycles. The van der Waals surface area contributed by atoms with Gasteiger partial charge in [-0.3, -0.25) is 9.11 Å². The van der Waals surface area contributed by atoms with Crippen molar-refractivity contribution in [1.29, 1.82) is 0 Å². The molecule has 0 unspecified atom stereocenters. The molecule has 0 aliphatic rings. The third-order valence-corrected chi connectivity index (χ3v) is 1.88. The number of hydrogen-bond acceptors (Lipinski definition) is 3. The lowest BCUT2D eigenvalue weighted by Crippen LogP contribution is -2.21. The molecule has 0 bridgehead atoms. The topological polar surface area (TPSA) is 77.8 Å². The summed E-state index contributed by atoms with van der Waals surface area (Å²) in [5.41, 5.74) is 1.32. The van der Waals surface area contributed by atoms with Gasteiger partial charge >= 0.3 is 10.4 Å². The van der Waals surface area contributed by atoms with Crippen LogP contribution >= 0.6 is 0 Å². The largest absolute Gasteiger partial charge is 0.394 e. The second-order valence-corrected chi connectivity index (χ2v) is 3.85. The van der Waals surface area contributed by atoms with E-state index >= 15 is 0 Å². The van der Waals surface area contributed by atoms with E-state index in [1.54, 1.807) is 0 Å². The fourth-order valence-electron chi connectivity index (χ4n) is 1.23. The first kappa shape index (κ1) is 14.9. The summed E-state index contributed by atoms with van der Waals surface area (Å²) >= 11 is 0. The van der Waals surface area contributed by atoms with Crippen LogP contribution in [0.15, 0.2) is 30.3 Å². The van der Waals surface area contributed by atoms with Gasteiger partial charge in [-0.05, 0) is 26.0 Å². The predicted octanol–water partition coefficient (Wildman–Crippen LogP) is 1.88. The minimum Gasteiger partial charge on any atom is -0.372 e. The highest BCUT2D eigenvalue weighted by molar-refractivity contribution is 7.79. The smallest absolute Gasteiger partial charge is 0.372 e. The number of anilines is 1. The molecular formula is C10H17NO4S. The molecule has 0 aromatic heterocycles. The Morgan fingerprint density at radius 3 is 1.75 bits per heavy atom. The molecule has 5 nitrogen and oxygen atoms in total. The molecule has 0 aliphatic carbocycles. The van der Waals surface area contributed by atoms with E-state index < -0.39 is 10.4 Å². The summed E-state index contributed by atoms with van der Waals surface area (Å²) in [6.07, 6.45) is 0. The SMILES string of the molecule is CCN(CC)c1ccccc1.O=S(=O)(O)O. The average molecular weight is 247 g/mol. The van der Waals surface area contributed by atoms with Crippen LogP contribution < -0.4 is 4.90 Å². The second kappa shape index (κ2) is 7.21. The number of benzene rings is 1. The van der Waals surface area contributed by atoms with Gasteiger partial charge in [0.15, 0.2) is 0 Å². The Bertz CT molecular complexity index is 365. The molecule has 0 radical (unpaired) electrons. The van der Waals surface area contributed by atoms with Crippen molar-refractivity contribution in [2.75, 3.05) is 18.0 Å². The summed E-state index contributed by atoms with van der Waals surface area (Å²) in [5.74, 6) is 0. The van der Waals surface area contributed by atoms with Gasteiger partial charge in [0.05, 0.1) is 0 Å². The number of nitrogens with zero attached hydrogens (tertiary/aromatic N) is 1. The first-order chi connectivity index (χ1) is 7.38. The maximum atomic E-state index is 8.74. The maximum Gasteiger partial charge on any atom is 0.394 e.